The van der Waals surface area contributed by atoms with Crippen LogP contribution in [-0.4, -0.2) is 10.1 Å². The van der Waals surface area contributed by atoms with Gasteiger partial charge in [-0.2, -0.15) is 0 Å². The van der Waals surface area contributed by atoms with Crippen LogP contribution < -0.4 is 5.73 Å². The van der Waals surface area contributed by atoms with Crippen molar-refractivity contribution >= 4 is 17.4 Å². The third-order valence-electron chi connectivity index (χ3n) is 2.53. The number of nitrogens with zero attached hydrogens (tertiary/aromatic N) is 1. The fourth-order valence-corrected chi connectivity index (χ4v) is 1.76. The fourth-order valence-electron chi connectivity index (χ4n) is 1.60. The van der Waals surface area contributed by atoms with Gasteiger partial charge in [0.1, 0.15) is 11.9 Å². The summed E-state index contributed by atoms with van der Waals surface area (Å²) in [6.07, 6.45) is -0.199. The van der Waals surface area contributed by atoms with Gasteiger partial charge in [-0.3, -0.25) is 0 Å². The minimum absolute atomic E-state index is 0.0398. The van der Waals surface area contributed by atoms with Crippen LogP contribution in [0.4, 0.5) is 19.0 Å². The van der Waals surface area contributed by atoms with Crippen molar-refractivity contribution in [1.82, 2.24) is 4.98 Å². The molecule has 19 heavy (non-hydrogen) atoms. The summed E-state index contributed by atoms with van der Waals surface area (Å²) in [6.45, 7) is 0. The van der Waals surface area contributed by atoms with Gasteiger partial charge in [0, 0.05) is 11.8 Å². The highest BCUT2D eigenvalue weighted by Crippen LogP contribution is 2.29. The van der Waals surface area contributed by atoms with Crippen molar-refractivity contribution in [3.8, 4) is 0 Å². The molecule has 2 aromatic rings. The molecule has 0 saturated heterocycles. The number of aliphatic hydroxyl groups excluding tert-OH is 1. The number of anilines is 1. The second-order valence-electron chi connectivity index (χ2n) is 3.83. The SMILES string of the molecule is Nc1ncc(Cl)cc1C(O)c1cc(F)c(F)c(F)c1. The number of benzene rings is 1. The average molecular weight is 289 g/mol. The Labute approximate surface area is 111 Å². The van der Waals surface area contributed by atoms with Crippen molar-refractivity contribution in [3.63, 3.8) is 0 Å². The number of rotatable bonds is 2. The molecule has 3 nitrogen and oxygen atoms in total. The lowest BCUT2D eigenvalue weighted by atomic mass is 10.0. The van der Waals surface area contributed by atoms with Gasteiger partial charge in [-0.15, -0.1) is 0 Å². The lowest BCUT2D eigenvalue weighted by Crippen LogP contribution is -2.07. The lowest BCUT2D eigenvalue weighted by molar-refractivity contribution is 0.219. The highest BCUT2D eigenvalue weighted by atomic mass is 35.5. The number of hydrogen-bond donors (Lipinski definition) is 2. The largest absolute Gasteiger partial charge is 0.384 e. The van der Waals surface area contributed by atoms with Gasteiger partial charge in [0.2, 0.25) is 0 Å². The van der Waals surface area contributed by atoms with Crippen LogP contribution in [0.1, 0.15) is 17.2 Å². The first-order chi connectivity index (χ1) is 8.90. The average Bonchev–Trinajstić information content (AvgIpc) is 2.37. The fraction of sp³-hybridized carbons (Fsp3) is 0.0833. The summed E-state index contributed by atoms with van der Waals surface area (Å²) in [5, 5.41) is 10.2. The monoisotopic (exact) mass is 288 g/mol. The molecule has 0 amide bonds. The Bertz CT molecular complexity index is 613. The normalized spacial score (nSPS) is 12.5. The number of hydrogen-bond acceptors (Lipinski definition) is 3. The van der Waals surface area contributed by atoms with Gasteiger partial charge in [0.15, 0.2) is 17.5 Å². The molecule has 0 aliphatic carbocycles. The highest BCUT2D eigenvalue weighted by molar-refractivity contribution is 6.30. The second kappa shape index (κ2) is 5.07. The molecule has 100 valence electrons. The number of halogens is 4. The third-order valence-corrected chi connectivity index (χ3v) is 2.74. The molecule has 2 rings (SSSR count). The summed E-state index contributed by atoms with van der Waals surface area (Å²) >= 11 is 5.70. The summed E-state index contributed by atoms with van der Waals surface area (Å²) in [7, 11) is 0. The van der Waals surface area contributed by atoms with Crippen LogP contribution in [0, 0.1) is 17.5 Å². The molecule has 1 aromatic heterocycles. The smallest absolute Gasteiger partial charge is 0.194 e. The van der Waals surface area contributed by atoms with E-state index in [1.807, 2.05) is 0 Å². The van der Waals surface area contributed by atoms with Crippen molar-refractivity contribution in [2.45, 2.75) is 6.10 Å². The van der Waals surface area contributed by atoms with Crippen LogP contribution in [0.15, 0.2) is 24.4 Å². The van der Waals surface area contributed by atoms with Gasteiger partial charge in [-0.25, -0.2) is 18.2 Å². The first-order valence-electron chi connectivity index (χ1n) is 5.13. The summed E-state index contributed by atoms with van der Waals surface area (Å²) in [5.41, 5.74) is 5.44. The predicted molar refractivity (Wildman–Crippen MR) is 64.0 cm³/mol. The van der Waals surface area contributed by atoms with Crippen molar-refractivity contribution < 1.29 is 18.3 Å². The van der Waals surface area contributed by atoms with Crippen LogP contribution in [-0.2, 0) is 0 Å². The molecule has 0 fully saturated rings. The van der Waals surface area contributed by atoms with Crippen molar-refractivity contribution in [2.75, 3.05) is 5.73 Å². The maximum Gasteiger partial charge on any atom is 0.194 e. The van der Waals surface area contributed by atoms with Crippen LogP contribution in [0.2, 0.25) is 5.02 Å². The molecular formula is C12H8ClF3N2O. The van der Waals surface area contributed by atoms with E-state index < -0.39 is 23.6 Å². The standard InChI is InChI=1S/C12H8ClF3N2O/c13-6-3-7(12(17)18-4-6)11(19)5-1-8(14)10(16)9(15)2-5/h1-4,11,19H,(H2,17,18). The second-order valence-corrected chi connectivity index (χ2v) is 4.27. The van der Waals surface area contributed by atoms with E-state index in [1.54, 1.807) is 0 Å². The van der Waals surface area contributed by atoms with Crippen molar-refractivity contribution in [2.24, 2.45) is 0 Å². The zero-order valence-electron chi connectivity index (χ0n) is 9.37. The molecule has 1 atom stereocenters. The molecule has 1 aromatic carbocycles. The van der Waals surface area contributed by atoms with E-state index in [-0.39, 0.29) is 22.0 Å². The Balaban J connectivity index is 2.49. The number of nitrogens with two attached hydrogens (primary N) is 1. The van der Waals surface area contributed by atoms with Gasteiger partial charge in [-0.1, -0.05) is 11.6 Å². The Morgan fingerprint density at radius 2 is 1.74 bits per heavy atom. The van der Waals surface area contributed by atoms with Gasteiger partial charge < -0.3 is 10.8 Å². The molecule has 3 N–H and O–H groups in total. The molecule has 7 heteroatoms. The molecule has 0 radical (unpaired) electrons. The molecule has 0 aliphatic heterocycles. The van der Waals surface area contributed by atoms with Gasteiger partial charge in [-0.05, 0) is 23.8 Å². The maximum absolute atomic E-state index is 13.1. The first-order valence-corrected chi connectivity index (χ1v) is 5.51. The van der Waals surface area contributed by atoms with Crippen molar-refractivity contribution in [3.05, 3.63) is 58.0 Å². The summed E-state index contributed by atoms with van der Waals surface area (Å²) in [4.78, 5) is 3.71. The molecule has 1 heterocycles. The van der Waals surface area contributed by atoms with Crippen LogP contribution >= 0.6 is 11.6 Å². The van der Waals surface area contributed by atoms with Crippen LogP contribution in [0.25, 0.3) is 0 Å². The minimum atomic E-state index is -1.60. The van der Waals surface area contributed by atoms with E-state index in [0.29, 0.717) is 12.1 Å². The number of aromatic nitrogens is 1. The summed E-state index contributed by atoms with van der Waals surface area (Å²) in [6, 6.07) is 2.68. The highest BCUT2D eigenvalue weighted by Gasteiger charge is 2.19. The van der Waals surface area contributed by atoms with Crippen LogP contribution in [0.5, 0.6) is 0 Å². The Hall–Kier alpha value is -1.79. The van der Waals surface area contributed by atoms with Gasteiger partial charge in [0.05, 0.1) is 5.02 Å². The van der Waals surface area contributed by atoms with E-state index in [9.17, 15) is 18.3 Å². The van der Waals surface area contributed by atoms with Gasteiger partial charge in [0.25, 0.3) is 0 Å². The van der Waals surface area contributed by atoms with E-state index >= 15 is 0 Å². The molecule has 0 bridgehead atoms. The number of pyridine rings is 1. The van der Waals surface area contributed by atoms with Crippen molar-refractivity contribution in [1.29, 1.82) is 0 Å². The molecule has 0 aliphatic rings. The number of aliphatic hydroxyl groups is 1. The van der Waals surface area contributed by atoms with Crippen LogP contribution in [0.3, 0.4) is 0 Å². The molecule has 1 unspecified atom stereocenters. The van der Waals surface area contributed by atoms with E-state index in [1.165, 1.54) is 12.3 Å². The van der Waals surface area contributed by atoms with E-state index in [4.69, 9.17) is 17.3 Å². The molecule has 0 spiro atoms. The third kappa shape index (κ3) is 2.64. The topological polar surface area (TPSA) is 59.1 Å². The molecule has 0 saturated carbocycles. The Kier molecular flexibility index (Phi) is 3.64. The predicted octanol–water partition coefficient (Wildman–Crippen LogP) is 2.82. The maximum atomic E-state index is 13.1. The van der Waals surface area contributed by atoms with Gasteiger partial charge >= 0.3 is 0 Å². The van der Waals surface area contributed by atoms with E-state index in [2.05, 4.69) is 4.98 Å². The zero-order valence-corrected chi connectivity index (χ0v) is 10.1. The zero-order chi connectivity index (χ0) is 14.2. The number of nitrogen functional groups attached to an aromatic ring is 1. The quantitative estimate of drug-likeness (QED) is 0.836. The summed E-state index contributed by atoms with van der Waals surface area (Å²) < 4.78 is 39.0. The Morgan fingerprint density at radius 1 is 1.16 bits per heavy atom. The molecular weight excluding hydrogens is 281 g/mol. The lowest BCUT2D eigenvalue weighted by Gasteiger charge is -2.14. The Morgan fingerprint density at radius 3 is 2.32 bits per heavy atom. The van der Waals surface area contributed by atoms with E-state index in [0.717, 1.165) is 0 Å². The summed E-state index contributed by atoms with van der Waals surface area (Å²) in [5.74, 6) is -4.44. The minimum Gasteiger partial charge on any atom is -0.384 e. The first kappa shape index (κ1) is 13.6.